The molecular weight excluding hydrogens is 381 g/mol. The van der Waals surface area contributed by atoms with Gasteiger partial charge < -0.3 is 0 Å². The second kappa shape index (κ2) is 8.55. The van der Waals surface area contributed by atoms with Crippen LogP contribution in [0.1, 0.15) is 48.6 Å². The van der Waals surface area contributed by atoms with E-state index in [1.807, 2.05) is 36.4 Å². The summed E-state index contributed by atoms with van der Waals surface area (Å²) in [5.74, 6) is 0. The van der Waals surface area contributed by atoms with E-state index in [9.17, 15) is 0 Å². The summed E-state index contributed by atoms with van der Waals surface area (Å²) in [4.78, 5) is 0. The van der Waals surface area contributed by atoms with Crippen molar-refractivity contribution in [1.29, 1.82) is 0 Å². The maximum atomic E-state index is 5.98. The minimum Gasteiger partial charge on any atom is -0.0967 e. The first kappa shape index (κ1) is 22.3. The molecule has 0 aromatic heterocycles. The van der Waals surface area contributed by atoms with Crippen molar-refractivity contribution >= 4 is 39.9 Å². The molecule has 0 unspecified atom stereocenters. The van der Waals surface area contributed by atoms with E-state index >= 15 is 0 Å². The van der Waals surface area contributed by atoms with Crippen LogP contribution in [0.3, 0.4) is 0 Å². The predicted octanol–water partition coefficient (Wildman–Crippen LogP) is 3.75. The van der Waals surface area contributed by atoms with Crippen LogP contribution in [-0.2, 0) is 10.8 Å². The first-order valence-corrected chi connectivity index (χ1v) is 10.9. The molecule has 4 aromatic carbocycles. The molecule has 0 aliphatic heterocycles. The molecule has 4 rings (SSSR count). The van der Waals surface area contributed by atoms with Crippen LogP contribution < -0.4 is 16.4 Å². The summed E-state index contributed by atoms with van der Waals surface area (Å²) < 4.78 is 0. The van der Waals surface area contributed by atoms with Crippen molar-refractivity contribution < 1.29 is 0 Å². The Morgan fingerprint density at radius 3 is 0.906 bits per heavy atom. The van der Waals surface area contributed by atoms with Crippen LogP contribution in [0.2, 0.25) is 0 Å². The topological polar surface area (TPSA) is 0 Å². The molecule has 0 heterocycles. The van der Waals surface area contributed by atoms with E-state index in [-0.39, 0.29) is 10.8 Å². The third kappa shape index (κ3) is 4.09. The maximum Gasteiger partial charge on any atom is 0.113 e. The molecule has 0 atom stereocenters. The highest BCUT2D eigenvalue weighted by atomic mass is 14.3. The summed E-state index contributed by atoms with van der Waals surface area (Å²) in [7, 11) is 17.8. The summed E-state index contributed by atoms with van der Waals surface area (Å²) in [6.45, 7) is 6.74. The van der Waals surface area contributed by atoms with Crippen LogP contribution in [0.15, 0.2) is 97.1 Å². The zero-order valence-electron chi connectivity index (χ0n) is 19.0. The van der Waals surface area contributed by atoms with Crippen LogP contribution in [0.5, 0.6) is 0 Å². The Labute approximate surface area is 196 Å². The number of benzene rings is 4. The largest absolute Gasteiger partial charge is 0.113 e. The van der Waals surface area contributed by atoms with E-state index in [1.54, 1.807) is 0 Å². The fraction of sp³-hybridized carbons (Fsp3) is 0.172. The average Bonchev–Trinajstić information content (AvgIpc) is 2.80. The van der Waals surface area contributed by atoms with Crippen molar-refractivity contribution in [2.45, 2.75) is 31.6 Å². The van der Waals surface area contributed by atoms with Crippen LogP contribution in [0.25, 0.3) is 0 Å². The Hall–Kier alpha value is -2.93. The van der Waals surface area contributed by atoms with E-state index in [1.165, 1.54) is 27.8 Å². The van der Waals surface area contributed by atoms with E-state index in [0.29, 0.717) is 0 Å². The summed E-state index contributed by atoms with van der Waals surface area (Å²) in [5.41, 5.74) is 7.89. The Kier molecular flexibility index (Phi) is 5.95. The fourth-order valence-electron chi connectivity index (χ4n) is 4.42. The minimum absolute atomic E-state index is 0.134. The van der Waals surface area contributed by atoms with Gasteiger partial charge in [0.2, 0.25) is 0 Å². The molecule has 4 aromatic rings. The van der Waals surface area contributed by atoms with Gasteiger partial charge in [-0.15, -0.1) is 0 Å². The molecule has 150 valence electrons. The Morgan fingerprint density at radius 2 is 0.594 bits per heavy atom. The summed E-state index contributed by atoms with van der Waals surface area (Å²) >= 11 is 0. The quantitative estimate of drug-likeness (QED) is 0.350. The normalized spacial score (nSPS) is 12.0. The lowest BCUT2D eigenvalue weighted by Gasteiger charge is -2.33. The van der Waals surface area contributed by atoms with Gasteiger partial charge in [0.25, 0.3) is 0 Å². The van der Waals surface area contributed by atoms with Gasteiger partial charge in [-0.25, -0.2) is 0 Å². The van der Waals surface area contributed by atoms with Gasteiger partial charge in [-0.3, -0.25) is 0 Å². The SMILES string of the molecule is [B]c1ccc(C(C)(C)c2ccc(C(C)(c3ccc([B])cc3)c3ccc([B])cc3)cc2)cc1. The molecule has 3 heteroatoms. The van der Waals surface area contributed by atoms with Crippen molar-refractivity contribution in [3.63, 3.8) is 0 Å². The lowest BCUT2D eigenvalue weighted by molar-refractivity contribution is 0.637. The molecule has 0 aliphatic rings. The Morgan fingerprint density at radius 1 is 0.375 bits per heavy atom. The van der Waals surface area contributed by atoms with Crippen molar-refractivity contribution in [3.05, 3.63) is 125 Å². The first-order chi connectivity index (χ1) is 15.2. The second-order valence-electron chi connectivity index (χ2n) is 9.19. The number of hydrogen-bond donors (Lipinski definition) is 0. The van der Waals surface area contributed by atoms with Gasteiger partial charge in [0.1, 0.15) is 23.5 Å². The van der Waals surface area contributed by atoms with Gasteiger partial charge in [0.15, 0.2) is 0 Å². The predicted molar refractivity (Wildman–Crippen MR) is 140 cm³/mol. The maximum absolute atomic E-state index is 5.98. The lowest BCUT2D eigenvalue weighted by Crippen LogP contribution is -2.27. The molecule has 0 saturated carbocycles. The Balaban J connectivity index is 1.79. The minimum atomic E-state index is -0.342. The third-order valence-corrected chi connectivity index (χ3v) is 6.79. The van der Waals surface area contributed by atoms with E-state index < -0.39 is 0 Å². The highest BCUT2D eigenvalue weighted by Crippen LogP contribution is 2.40. The van der Waals surface area contributed by atoms with E-state index in [0.717, 1.165) is 16.4 Å². The third-order valence-electron chi connectivity index (χ3n) is 6.79. The first-order valence-electron chi connectivity index (χ1n) is 10.9. The summed E-state index contributed by atoms with van der Waals surface area (Å²) in [6.07, 6.45) is 0. The molecular formula is C29H25B3. The smallest absolute Gasteiger partial charge is 0.0967 e. The monoisotopic (exact) mass is 406 g/mol. The molecule has 0 fully saturated rings. The molecule has 0 spiro atoms. The summed E-state index contributed by atoms with van der Waals surface area (Å²) in [6, 6.07) is 33.4. The zero-order chi connectivity index (χ0) is 22.9. The number of hydrogen-bond acceptors (Lipinski definition) is 0. The van der Waals surface area contributed by atoms with Gasteiger partial charge in [-0.1, -0.05) is 127 Å². The van der Waals surface area contributed by atoms with Crippen molar-refractivity contribution in [1.82, 2.24) is 0 Å². The fourth-order valence-corrected chi connectivity index (χ4v) is 4.42. The number of rotatable bonds is 5. The lowest BCUT2D eigenvalue weighted by atomic mass is 9.69. The molecule has 0 N–H and O–H groups in total. The average molecular weight is 406 g/mol. The molecule has 0 aliphatic carbocycles. The van der Waals surface area contributed by atoms with Crippen LogP contribution in [-0.4, -0.2) is 23.5 Å². The van der Waals surface area contributed by atoms with Crippen molar-refractivity contribution in [3.8, 4) is 0 Å². The standard InChI is InChI=1S/C29H25B3/c1-28(2,21-8-14-25(30)15-9-21)20-4-6-22(7-5-20)29(3,23-10-16-26(31)17-11-23)24-12-18-27(32)19-13-24/h4-19H,1-3H3. The van der Waals surface area contributed by atoms with Gasteiger partial charge in [-0.05, 0) is 34.7 Å². The molecule has 6 radical (unpaired) electrons. The zero-order valence-corrected chi connectivity index (χ0v) is 19.0. The molecule has 0 bridgehead atoms. The van der Waals surface area contributed by atoms with Gasteiger partial charge in [0, 0.05) is 10.8 Å². The second-order valence-corrected chi connectivity index (χ2v) is 9.19. The summed E-state index contributed by atoms with van der Waals surface area (Å²) in [5, 5.41) is 0. The molecule has 0 saturated heterocycles. The molecule has 0 amide bonds. The van der Waals surface area contributed by atoms with Gasteiger partial charge >= 0.3 is 0 Å². The van der Waals surface area contributed by atoms with Crippen molar-refractivity contribution in [2.75, 3.05) is 0 Å². The highest BCUT2D eigenvalue weighted by molar-refractivity contribution is 6.32. The Bertz CT molecular complexity index is 1140. The molecule has 0 nitrogen and oxygen atoms in total. The van der Waals surface area contributed by atoms with Crippen LogP contribution in [0.4, 0.5) is 0 Å². The highest BCUT2D eigenvalue weighted by Gasteiger charge is 2.32. The van der Waals surface area contributed by atoms with Crippen molar-refractivity contribution in [2.24, 2.45) is 0 Å². The van der Waals surface area contributed by atoms with Crippen LogP contribution >= 0.6 is 0 Å². The van der Waals surface area contributed by atoms with E-state index in [2.05, 4.69) is 81.4 Å². The van der Waals surface area contributed by atoms with E-state index in [4.69, 9.17) is 23.5 Å². The van der Waals surface area contributed by atoms with Gasteiger partial charge in [-0.2, -0.15) is 0 Å². The molecule has 32 heavy (non-hydrogen) atoms. The van der Waals surface area contributed by atoms with Crippen LogP contribution in [0, 0.1) is 0 Å². The van der Waals surface area contributed by atoms with Gasteiger partial charge in [0.05, 0.1) is 0 Å².